The molecule has 0 aliphatic carbocycles. The maximum atomic E-state index is 12.8. The molecule has 0 bridgehead atoms. The average molecular weight is 381 g/mol. The Morgan fingerprint density at radius 1 is 1.52 bits per heavy atom. The van der Waals surface area contributed by atoms with E-state index in [-0.39, 0.29) is 15.7 Å². The summed E-state index contributed by atoms with van der Waals surface area (Å²) < 4.78 is 38.5. The maximum Gasteiger partial charge on any atom is 0.247 e. The Balaban J connectivity index is 2.33. The second kappa shape index (κ2) is 6.00. The molecule has 1 aromatic rings. The fourth-order valence-corrected chi connectivity index (χ4v) is 5.18. The van der Waals surface area contributed by atoms with Gasteiger partial charge in [0.1, 0.15) is 10.7 Å². The lowest BCUT2D eigenvalue weighted by Gasteiger charge is -2.40. The minimum absolute atomic E-state index is 0.147. The van der Waals surface area contributed by atoms with Crippen molar-refractivity contribution >= 4 is 26.0 Å². The average Bonchev–Trinajstić information content (AvgIpc) is 2.69. The van der Waals surface area contributed by atoms with Gasteiger partial charge in [0.15, 0.2) is 4.67 Å². The first-order valence-electron chi connectivity index (χ1n) is 6.76. The van der Waals surface area contributed by atoms with Gasteiger partial charge in [-0.05, 0) is 43.7 Å². The van der Waals surface area contributed by atoms with Gasteiger partial charge in [-0.15, -0.1) is 0 Å². The van der Waals surface area contributed by atoms with Gasteiger partial charge >= 0.3 is 0 Å². The summed E-state index contributed by atoms with van der Waals surface area (Å²) in [5.74, 6) is 0.573. The molecular formula is C13H21BrN2O4S. The lowest BCUT2D eigenvalue weighted by molar-refractivity contribution is -0.109. The van der Waals surface area contributed by atoms with Crippen molar-refractivity contribution in [3.05, 3.63) is 16.5 Å². The highest BCUT2D eigenvalue weighted by atomic mass is 79.9. The number of nitrogens with zero attached hydrogens (tertiary/aromatic N) is 1. The minimum Gasteiger partial charge on any atom is -0.452 e. The standard InChI is InChI=1S/C13H21BrN2O4S/c1-9-7-16(8-13(2,3)20-9)21(17,18)11-5-10(6-15-4)19-12(11)14/h5,9,15H,6-8H2,1-4H3. The molecule has 1 atom stereocenters. The van der Waals surface area contributed by atoms with E-state index in [0.29, 0.717) is 25.4 Å². The Labute approximate surface area is 134 Å². The summed E-state index contributed by atoms with van der Waals surface area (Å²) in [6.07, 6.45) is -0.147. The van der Waals surface area contributed by atoms with E-state index >= 15 is 0 Å². The Kier molecular flexibility index (Phi) is 4.84. The van der Waals surface area contributed by atoms with Crippen LogP contribution in [0.25, 0.3) is 0 Å². The highest BCUT2D eigenvalue weighted by Crippen LogP contribution is 2.32. The summed E-state index contributed by atoms with van der Waals surface area (Å²) in [6, 6.07) is 1.56. The zero-order chi connectivity index (χ0) is 15.8. The van der Waals surface area contributed by atoms with Crippen molar-refractivity contribution in [1.82, 2.24) is 9.62 Å². The van der Waals surface area contributed by atoms with Crippen molar-refractivity contribution in [3.63, 3.8) is 0 Å². The molecule has 1 fully saturated rings. The molecular weight excluding hydrogens is 360 g/mol. The van der Waals surface area contributed by atoms with Crippen LogP contribution >= 0.6 is 15.9 Å². The van der Waals surface area contributed by atoms with Gasteiger partial charge in [-0.1, -0.05) is 0 Å². The predicted octanol–water partition coefficient (Wildman–Crippen LogP) is 1.95. The Hall–Kier alpha value is -0.410. The number of hydrogen-bond donors (Lipinski definition) is 1. The Morgan fingerprint density at radius 3 is 2.76 bits per heavy atom. The normalized spacial score (nSPS) is 23.4. The summed E-state index contributed by atoms with van der Waals surface area (Å²) in [5.41, 5.74) is -0.505. The van der Waals surface area contributed by atoms with Crippen molar-refractivity contribution in [3.8, 4) is 0 Å². The van der Waals surface area contributed by atoms with Gasteiger partial charge in [-0.3, -0.25) is 0 Å². The van der Waals surface area contributed by atoms with Crippen molar-refractivity contribution in [2.75, 3.05) is 20.1 Å². The van der Waals surface area contributed by atoms with Crippen LogP contribution in [0.5, 0.6) is 0 Å². The zero-order valence-corrected chi connectivity index (χ0v) is 15.0. The molecule has 120 valence electrons. The Bertz CT molecular complexity index is 612. The minimum atomic E-state index is -3.61. The number of furan rings is 1. The summed E-state index contributed by atoms with van der Waals surface area (Å²) in [5, 5.41) is 2.93. The predicted molar refractivity (Wildman–Crippen MR) is 82.6 cm³/mol. The topological polar surface area (TPSA) is 71.8 Å². The van der Waals surface area contributed by atoms with Gasteiger partial charge in [0, 0.05) is 19.2 Å². The number of sulfonamides is 1. The van der Waals surface area contributed by atoms with Crippen LogP contribution in [0.4, 0.5) is 0 Å². The Morgan fingerprint density at radius 2 is 2.19 bits per heavy atom. The lowest BCUT2D eigenvalue weighted by Crippen LogP contribution is -2.53. The lowest BCUT2D eigenvalue weighted by atomic mass is 10.1. The number of hydrogen-bond acceptors (Lipinski definition) is 5. The van der Waals surface area contributed by atoms with E-state index in [0.717, 1.165) is 0 Å². The molecule has 0 radical (unpaired) electrons. The van der Waals surface area contributed by atoms with Crippen LogP contribution in [0.1, 0.15) is 26.5 Å². The third-order valence-electron chi connectivity index (χ3n) is 3.21. The first-order chi connectivity index (χ1) is 9.65. The molecule has 1 aliphatic heterocycles. The second-order valence-electron chi connectivity index (χ2n) is 5.87. The smallest absolute Gasteiger partial charge is 0.247 e. The molecule has 0 saturated carbocycles. The summed E-state index contributed by atoms with van der Waals surface area (Å²) >= 11 is 3.20. The van der Waals surface area contributed by atoms with E-state index in [1.54, 1.807) is 13.1 Å². The first kappa shape index (κ1) is 17.0. The summed E-state index contributed by atoms with van der Waals surface area (Å²) in [6.45, 7) is 6.78. The third kappa shape index (κ3) is 3.68. The monoisotopic (exact) mass is 380 g/mol. The van der Waals surface area contributed by atoms with Crippen molar-refractivity contribution in [1.29, 1.82) is 0 Å². The van der Waals surface area contributed by atoms with Gasteiger partial charge in [0.2, 0.25) is 10.0 Å². The molecule has 2 heterocycles. The van der Waals surface area contributed by atoms with E-state index in [9.17, 15) is 8.42 Å². The van der Waals surface area contributed by atoms with Gasteiger partial charge in [0.25, 0.3) is 0 Å². The molecule has 2 rings (SSSR count). The maximum absolute atomic E-state index is 12.8. The summed E-state index contributed by atoms with van der Waals surface area (Å²) in [4.78, 5) is 0.164. The molecule has 6 nitrogen and oxygen atoms in total. The molecule has 1 N–H and O–H groups in total. The van der Waals surface area contributed by atoms with Gasteiger partial charge in [-0.2, -0.15) is 4.31 Å². The molecule has 0 aromatic carbocycles. The van der Waals surface area contributed by atoms with Crippen LogP contribution in [0.3, 0.4) is 0 Å². The number of halogens is 1. The molecule has 1 unspecified atom stereocenters. The van der Waals surface area contributed by atoms with Crippen LogP contribution in [0.2, 0.25) is 0 Å². The third-order valence-corrected chi connectivity index (χ3v) is 5.88. The molecule has 8 heteroatoms. The van der Waals surface area contributed by atoms with Crippen molar-refractivity contribution < 1.29 is 17.6 Å². The molecule has 1 aliphatic rings. The number of morpholine rings is 1. The van der Waals surface area contributed by atoms with E-state index < -0.39 is 15.6 Å². The van der Waals surface area contributed by atoms with E-state index in [4.69, 9.17) is 9.15 Å². The number of nitrogens with one attached hydrogen (secondary N) is 1. The highest BCUT2D eigenvalue weighted by molar-refractivity contribution is 9.10. The van der Waals surface area contributed by atoms with E-state index in [1.807, 2.05) is 20.8 Å². The van der Waals surface area contributed by atoms with Crippen LogP contribution in [0.15, 0.2) is 20.0 Å². The fourth-order valence-electron chi connectivity index (χ4n) is 2.55. The van der Waals surface area contributed by atoms with Gasteiger partial charge in [0.05, 0.1) is 18.2 Å². The van der Waals surface area contributed by atoms with Crippen LogP contribution in [0, 0.1) is 0 Å². The van der Waals surface area contributed by atoms with E-state index in [1.165, 1.54) is 4.31 Å². The first-order valence-corrected chi connectivity index (χ1v) is 9.00. The van der Waals surface area contributed by atoms with Crippen LogP contribution in [-0.2, 0) is 21.3 Å². The van der Waals surface area contributed by atoms with Crippen molar-refractivity contribution in [2.24, 2.45) is 0 Å². The fraction of sp³-hybridized carbons (Fsp3) is 0.692. The molecule has 0 spiro atoms. The number of ether oxygens (including phenoxy) is 1. The SMILES string of the molecule is CNCc1cc(S(=O)(=O)N2CC(C)OC(C)(C)C2)c(Br)o1. The molecule has 0 amide bonds. The largest absolute Gasteiger partial charge is 0.452 e. The van der Waals surface area contributed by atoms with E-state index in [2.05, 4.69) is 21.2 Å². The van der Waals surface area contributed by atoms with Crippen LogP contribution < -0.4 is 5.32 Å². The quantitative estimate of drug-likeness (QED) is 0.863. The molecule has 1 saturated heterocycles. The van der Waals surface area contributed by atoms with Crippen molar-refractivity contribution in [2.45, 2.75) is 43.9 Å². The van der Waals surface area contributed by atoms with Gasteiger partial charge < -0.3 is 14.5 Å². The highest BCUT2D eigenvalue weighted by Gasteiger charge is 2.39. The molecule has 1 aromatic heterocycles. The van der Waals surface area contributed by atoms with Crippen LogP contribution in [-0.4, -0.2) is 44.6 Å². The zero-order valence-electron chi connectivity index (χ0n) is 12.6. The summed E-state index contributed by atoms with van der Waals surface area (Å²) in [7, 11) is -1.83. The number of rotatable bonds is 4. The second-order valence-corrected chi connectivity index (χ2v) is 8.49. The molecule has 21 heavy (non-hydrogen) atoms. The van der Waals surface area contributed by atoms with Gasteiger partial charge in [-0.25, -0.2) is 8.42 Å².